The fourth-order valence-corrected chi connectivity index (χ4v) is 2.84. The van der Waals surface area contributed by atoms with Crippen LogP contribution in [0.4, 0.5) is 11.6 Å². The van der Waals surface area contributed by atoms with Crippen LogP contribution in [0.1, 0.15) is 19.8 Å². The molecule has 6 nitrogen and oxygen atoms in total. The lowest BCUT2D eigenvalue weighted by atomic mass is 10.00. The van der Waals surface area contributed by atoms with Crippen molar-refractivity contribution in [2.75, 3.05) is 43.6 Å². The van der Waals surface area contributed by atoms with E-state index in [0.717, 1.165) is 56.4 Å². The molecule has 0 saturated carbocycles. The van der Waals surface area contributed by atoms with Crippen molar-refractivity contribution in [3.05, 3.63) is 18.6 Å². The molecule has 2 aromatic rings. The van der Waals surface area contributed by atoms with E-state index in [9.17, 15) is 0 Å². The van der Waals surface area contributed by atoms with Crippen molar-refractivity contribution >= 4 is 17.3 Å². The Morgan fingerprint density at radius 3 is 3.00 bits per heavy atom. The number of anilines is 2. The molecule has 0 atom stereocenters. The highest BCUT2D eigenvalue weighted by Gasteiger charge is 2.19. The first kappa shape index (κ1) is 14.1. The van der Waals surface area contributed by atoms with E-state index in [1.807, 2.05) is 23.0 Å². The third-order valence-electron chi connectivity index (χ3n) is 3.95. The molecule has 3 heterocycles. The highest BCUT2D eigenvalue weighted by molar-refractivity contribution is 5.66. The first-order chi connectivity index (χ1) is 10.3. The van der Waals surface area contributed by atoms with Crippen molar-refractivity contribution in [3.8, 4) is 0 Å². The number of ether oxygens (including phenoxy) is 1. The number of imidazole rings is 1. The molecule has 0 unspecified atom stereocenters. The number of fused-ring (bicyclic) bond motifs is 1. The van der Waals surface area contributed by atoms with Gasteiger partial charge in [-0.15, -0.1) is 0 Å². The number of nitrogens with zero attached hydrogens (tertiary/aromatic N) is 4. The van der Waals surface area contributed by atoms with E-state index in [1.165, 1.54) is 0 Å². The van der Waals surface area contributed by atoms with Crippen molar-refractivity contribution in [1.82, 2.24) is 14.4 Å². The Bertz CT molecular complexity index is 591. The number of aromatic nitrogens is 3. The monoisotopic (exact) mass is 289 g/mol. The Morgan fingerprint density at radius 1 is 1.43 bits per heavy atom. The van der Waals surface area contributed by atoms with Crippen LogP contribution in [-0.2, 0) is 4.74 Å². The van der Waals surface area contributed by atoms with Crippen LogP contribution in [0, 0.1) is 5.92 Å². The molecule has 1 saturated heterocycles. The van der Waals surface area contributed by atoms with Gasteiger partial charge in [0.2, 0.25) is 0 Å². The van der Waals surface area contributed by atoms with E-state index in [0.29, 0.717) is 5.92 Å². The summed E-state index contributed by atoms with van der Waals surface area (Å²) in [7, 11) is 2.10. The molecule has 2 aromatic heterocycles. The molecule has 21 heavy (non-hydrogen) atoms. The molecule has 1 fully saturated rings. The van der Waals surface area contributed by atoms with Crippen LogP contribution in [-0.4, -0.2) is 47.7 Å². The highest BCUT2D eigenvalue weighted by atomic mass is 16.5. The van der Waals surface area contributed by atoms with Gasteiger partial charge < -0.3 is 19.4 Å². The predicted molar refractivity (Wildman–Crippen MR) is 84.0 cm³/mol. The van der Waals surface area contributed by atoms with Gasteiger partial charge in [0.15, 0.2) is 11.5 Å². The minimum Gasteiger partial charge on any atom is -0.381 e. The fourth-order valence-electron chi connectivity index (χ4n) is 2.84. The van der Waals surface area contributed by atoms with E-state index in [4.69, 9.17) is 9.72 Å². The van der Waals surface area contributed by atoms with Crippen LogP contribution in [0.3, 0.4) is 0 Å². The van der Waals surface area contributed by atoms with Gasteiger partial charge in [0.1, 0.15) is 5.82 Å². The van der Waals surface area contributed by atoms with E-state index in [2.05, 4.69) is 29.2 Å². The summed E-state index contributed by atoms with van der Waals surface area (Å²) in [6, 6.07) is 0. The quantitative estimate of drug-likeness (QED) is 0.912. The average molecular weight is 289 g/mol. The molecule has 0 radical (unpaired) electrons. The van der Waals surface area contributed by atoms with Crippen LogP contribution < -0.4 is 10.2 Å². The zero-order chi connectivity index (χ0) is 14.7. The van der Waals surface area contributed by atoms with E-state index < -0.39 is 0 Å². The second-order valence-electron chi connectivity index (χ2n) is 5.57. The number of rotatable bonds is 5. The van der Waals surface area contributed by atoms with Gasteiger partial charge >= 0.3 is 0 Å². The normalized spacial score (nSPS) is 16.3. The third kappa shape index (κ3) is 3.10. The Morgan fingerprint density at radius 2 is 2.24 bits per heavy atom. The Labute approximate surface area is 125 Å². The summed E-state index contributed by atoms with van der Waals surface area (Å²) in [5.74, 6) is 2.49. The molecule has 1 aliphatic heterocycles. The molecule has 3 rings (SSSR count). The molecule has 0 amide bonds. The number of hydrogen-bond donors (Lipinski definition) is 1. The van der Waals surface area contributed by atoms with Crippen molar-refractivity contribution < 1.29 is 4.74 Å². The van der Waals surface area contributed by atoms with Crippen molar-refractivity contribution in [2.24, 2.45) is 5.92 Å². The second-order valence-corrected chi connectivity index (χ2v) is 5.57. The first-order valence-corrected chi connectivity index (χ1v) is 7.64. The maximum absolute atomic E-state index is 5.44. The molecule has 0 bridgehead atoms. The summed E-state index contributed by atoms with van der Waals surface area (Å²) in [4.78, 5) is 11.4. The van der Waals surface area contributed by atoms with Gasteiger partial charge in [-0.1, -0.05) is 0 Å². The summed E-state index contributed by atoms with van der Waals surface area (Å²) >= 11 is 0. The molecule has 0 aromatic carbocycles. The van der Waals surface area contributed by atoms with Crippen LogP contribution in [0.25, 0.3) is 5.65 Å². The summed E-state index contributed by atoms with van der Waals surface area (Å²) in [6.45, 7) is 5.68. The molecule has 0 aliphatic carbocycles. The number of nitrogens with one attached hydrogen (secondary N) is 1. The van der Waals surface area contributed by atoms with Crippen LogP contribution in [0.5, 0.6) is 0 Å². The van der Waals surface area contributed by atoms with Crippen molar-refractivity contribution in [2.45, 2.75) is 19.8 Å². The average Bonchev–Trinajstić information content (AvgIpc) is 2.96. The minimum atomic E-state index is 0.670. The number of hydrogen-bond acceptors (Lipinski definition) is 5. The molecule has 1 aliphatic rings. The van der Waals surface area contributed by atoms with E-state index in [-0.39, 0.29) is 0 Å². The zero-order valence-electron chi connectivity index (χ0n) is 12.7. The van der Waals surface area contributed by atoms with E-state index in [1.54, 1.807) is 0 Å². The van der Waals surface area contributed by atoms with Crippen molar-refractivity contribution in [1.29, 1.82) is 0 Å². The first-order valence-electron chi connectivity index (χ1n) is 7.64. The summed E-state index contributed by atoms with van der Waals surface area (Å²) in [5, 5.41) is 3.28. The summed E-state index contributed by atoms with van der Waals surface area (Å²) < 4.78 is 7.46. The molecule has 0 spiro atoms. The third-order valence-corrected chi connectivity index (χ3v) is 3.95. The SMILES string of the molecule is CCNc1cn2ccnc2c(N(C)CC2CCOCC2)n1. The van der Waals surface area contributed by atoms with Crippen molar-refractivity contribution in [3.63, 3.8) is 0 Å². The highest BCUT2D eigenvalue weighted by Crippen LogP contribution is 2.23. The van der Waals surface area contributed by atoms with Gasteiger partial charge in [0.25, 0.3) is 0 Å². The second kappa shape index (κ2) is 6.30. The predicted octanol–water partition coefficient (Wildman–Crippen LogP) is 2.02. The molecule has 6 heteroatoms. The van der Waals surface area contributed by atoms with Gasteiger partial charge in [-0.2, -0.15) is 0 Å². The Kier molecular flexibility index (Phi) is 4.24. The molecular weight excluding hydrogens is 266 g/mol. The Hall–Kier alpha value is -1.82. The van der Waals surface area contributed by atoms with Gasteiger partial charge in [-0.3, -0.25) is 0 Å². The largest absolute Gasteiger partial charge is 0.381 e. The molecule has 1 N–H and O–H groups in total. The van der Waals surface area contributed by atoms with Gasteiger partial charge in [0, 0.05) is 45.7 Å². The van der Waals surface area contributed by atoms with Crippen LogP contribution in [0.2, 0.25) is 0 Å². The lowest BCUT2D eigenvalue weighted by molar-refractivity contribution is 0.0685. The summed E-state index contributed by atoms with van der Waals surface area (Å²) in [6.07, 6.45) is 8.02. The standard InChI is InChI=1S/C15H23N5O/c1-3-16-13-11-20-7-6-17-14(20)15(18-13)19(2)10-12-4-8-21-9-5-12/h6-7,11-12,16H,3-5,8-10H2,1-2H3. The minimum absolute atomic E-state index is 0.670. The zero-order valence-corrected chi connectivity index (χ0v) is 12.7. The van der Waals surface area contributed by atoms with Gasteiger partial charge in [-0.05, 0) is 25.7 Å². The lowest BCUT2D eigenvalue weighted by Crippen LogP contribution is -2.30. The smallest absolute Gasteiger partial charge is 0.180 e. The Balaban J connectivity index is 1.84. The lowest BCUT2D eigenvalue weighted by Gasteiger charge is -2.28. The van der Waals surface area contributed by atoms with Gasteiger partial charge in [-0.25, -0.2) is 9.97 Å². The molecule has 114 valence electrons. The summed E-state index contributed by atoms with van der Waals surface area (Å²) in [5.41, 5.74) is 0.909. The maximum atomic E-state index is 5.44. The fraction of sp³-hybridized carbons (Fsp3) is 0.600. The van der Waals surface area contributed by atoms with Gasteiger partial charge in [0.05, 0.1) is 6.20 Å². The van der Waals surface area contributed by atoms with E-state index >= 15 is 0 Å². The topological polar surface area (TPSA) is 54.7 Å². The van der Waals surface area contributed by atoms with Crippen LogP contribution >= 0.6 is 0 Å². The van der Waals surface area contributed by atoms with Crippen LogP contribution in [0.15, 0.2) is 18.6 Å². The molecular formula is C15H23N5O. The maximum Gasteiger partial charge on any atom is 0.180 e.